The summed E-state index contributed by atoms with van der Waals surface area (Å²) in [6.07, 6.45) is 0. The Balaban J connectivity index is 2.41. The second kappa shape index (κ2) is 4.92. The number of rotatable bonds is 2. The number of aryl methyl sites for hydroxylation is 1. The fourth-order valence-corrected chi connectivity index (χ4v) is 2.04. The minimum atomic E-state index is 0.0716. The SMILES string of the molecule is Cc1ccc(N)c(Nc2ccccc2C(C)(C)C)n1. The predicted octanol–water partition coefficient (Wildman–Crippen LogP) is 4.01. The molecule has 100 valence electrons. The number of anilines is 3. The van der Waals surface area contributed by atoms with Gasteiger partial charge in [0.2, 0.25) is 0 Å². The first-order valence-electron chi connectivity index (χ1n) is 6.47. The summed E-state index contributed by atoms with van der Waals surface area (Å²) in [4.78, 5) is 4.46. The highest BCUT2D eigenvalue weighted by Crippen LogP contribution is 2.32. The van der Waals surface area contributed by atoms with E-state index < -0.39 is 0 Å². The molecule has 0 aliphatic heterocycles. The van der Waals surface area contributed by atoms with Gasteiger partial charge in [-0.3, -0.25) is 0 Å². The first-order chi connectivity index (χ1) is 8.88. The van der Waals surface area contributed by atoms with Gasteiger partial charge in [0, 0.05) is 11.4 Å². The Kier molecular flexibility index (Phi) is 3.47. The largest absolute Gasteiger partial charge is 0.396 e. The van der Waals surface area contributed by atoms with Crippen LogP contribution in [0, 0.1) is 6.92 Å². The molecule has 0 bridgehead atoms. The van der Waals surface area contributed by atoms with Crippen LogP contribution in [0.1, 0.15) is 32.0 Å². The van der Waals surface area contributed by atoms with Crippen molar-refractivity contribution >= 4 is 17.2 Å². The maximum Gasteiger partial charge on any atom is 0.153 e. The van der Waals surface area contributed by atoms with Crippen LogP contribution < -0.4 is 11.1 Å². The molecule has 2 rings (SSSR count). The summed E-state index contributed by atoms with van der Waals surface area (Å²) in [7, 11) is 0. The molecule has 0 saturated carbocycles. The number of nitrogen functional groups attached to an aromatic ring is 1. The molecule has 0 atom stereocenters. The quantitative estimate of drug-likeness (QED) is 0.852. The smallest absolute Gasteiger partial charge is 0.153 e. The zero-order chi connectivity index (χ0) is 14.0. The van der Waals surface area contributed by atoms with Crippen LogP contribution in [0.25, 0.3) is 0 Å². The van der Waals surface area contributed by atoms with Crippen LogP contribution in [0.5, 0.6) is 0 Å². The van der Waals surface area contributed by atoms with Gasteiger partial charge >= 0.3 is 0 Å². The highest BCUT2D eigenvalue weighted by atomic mass is 15.0. The molecule has 0 spiro atoms. The summed E-state index contributed by atoms with van der Waals surface area (Å²) >= 11 is 0. The molecule has 2 aromatic rings. The minimum absolute atomic E-state index is 0.0716. The number of benzene rings is 1. The standard InChI is InChI=1S/C16H21N3/c1-11-9-10-13(17)15(18-11)19-14-8-6-5-7-12(14)16(2,3)4/h5-10H,17H2,1-4H3,(H,18,19). The second-order valence-electron chi connectivity index (χ2n) is 5.81. The molecule has 3 N–H and O–H groups in total. The second-order valence-corrected chi connectivity index (χ2v) is 5.81. The third kappa shape index (κ3) is 3.05. The van der Waals surface area contributed by atoms with E-state index in [0.717, 1.165) is 17.2 Å². The first-order valence-corrected chi connectivity index (χ1v) is 6.47. The Morgan fingerprint density at radius 3 is 2.42 bits per heavy atom. The van der Waals surface area contributed by atoms with Gasteiger partial charge in [-0.15, -0.1) is 0 Å². The van der Waals surface area contributed by atoms with E-state index in [9.17, 15) is 0 Å². The van der Waals surface area contributed by atoms with Gasteiger partial charge in [0.25, 0.3) is 0 Å². The molecule has 19 heavy (non-hydrogen) atoms. The molecule has 0 aliphatic rings. The zero-order valence-corrected chi connectivity index (χ0v) is 12.0. The van der Waals surface area contributed by atoms with E-state index >= 15 is 0 Å². The average molecular weight is 255 g/mol. The third-order valence-corrected chi connectivity index (χ3v) is 3.05. The van der Waals surface area contributed by atoms with E-state index in [-0.39, 0.29) is 5.41 Å². The van der Waals surface area contributed by atoms with Crippen LogP contribution in [-0.4, -0.2) is 4.98 Å². The third-order valence-electron chi connectivity index (χ3n) is 3.05. The number of nitrogens with one attached hydrogen (secondary N) is 1. The van der Waals surface area contributed by atoms with Crippen molar-refractivity contribution in [3.05, 3.63) is 47.7 Å². The Morgan fingerprint density at radius 2 is 1.74 bits per heavy atom. The predicted molar refractivity (Wildman–Crippen MR) is 81.8 cm³/mol. The van der Waals surface area contributed by atoms with E-state index in [4.69, 9.17) is 5.73 Å². The van der Waals surface area contributed by atoms with Crippen LogP contribution in [-0.2, 0) is 5.41 Å². The van der Waals surface area contributed by atoms with Gasteiger partial charge in [-0.2, -0.15) is 0 Å². The fraction of sp³-hybridized carbons (Fsp3) is 0.312. The van der Waals surface area contributed by atoms with E-state index in [1.165, 1.54) is 5.56 Å². The zero-order valence-electron chi connectivity index (χ0n) is 12.0. The number of nitrogens with two attached hydrogens (primary N) is 1. The summed E-state index contributed by atoms with van der Waals surface area (Å²) in [6, 6.07) is 12.1. The van der Waals surface area contributed by atoms with E-state index in [2.05, 4.69) is 49.3 Å². The summed E-state index contributed by atoms with van der Waals surface area (Å²) in [6.45, 7) is 8.54. The molecule has 0 fully saturated rings. The summed E-state index contributed by atoms with van der Waals surface area (Å²) in [5, 5.41) is 3.35. The number of aromatic nitrogens is 1. The van der Waals surface area contributed by atoms with Crippen LogP contribution in [0.4, 0.5) is 17.2 Å². The van der Waals surface area contributed by atoms with Crippen molar-refractivity contribution in [1.29, 1.82) is 0 Å². The molecule has 0 saturated heterocycles. The Labute approximate surface area is 114 Å². The summed E-state index contributed by atoms with van der Waals surface area (Å²) in [5.74, 6) is 0.719. The molecule has 0 amide bonds. The molecular formula is C16H21N3. The molecule has 1 aromatic carbocycles. The van der Waals surface area contributed by atoms with Gasteiger partial charge in [-0.05, 0) is 36.1 Å². The van der Waals surface area contributed by atoms with Crippen LogP contribution in [0.15, 0.2) is 36.4 Å². The molecule has 0 aliphatic carbocycles. The number of pyridine rings is 1. The first kappa shape index (κ1) is 13.4. The number of para-hydroxylation sites is 1. The Morgan fingerprint density at radius 1 is 1.05 bits per heavy atom. The molecule has 1 heterocycles. The van der Waals surface area contributed by atoms with Crippen LogP contribution >= 0.6 is 0 Å². The fourth-order valence-electron chi connectivity index (χ4n) is 2.04. The van der Waals surface area contributed by atoms with Crippen molar-refractivity contribution in [3.8, 4) is 0 Å². The average Bonchev–Trinajstić information content (AvgIpc) is 2.33. The highest BCUT2D eigenvalue weighted by Gasteiger charge is 2.18. The van der Waals surface area contributed by atoms with Crippen LogP contribution in [0.3, 0.4) is 0 Å². The monoisotopic (exact) mass is 255 g/mol. The lowest BCUT2D eigenvalue weighted by Gasteiger charge is -2.23. The van der Waals surface area contributed by atoms with E-state index in [1.54, 1.807) is 0 Å². The molecule has 3 heteroatoms. The van der Waals surface area contributed by atoms with Gasteiger partial charge in [0.05, 0.1) is 5.69 Å². The Hall–Kier alpha value is -2.03. The van der Waals surface area contributed by atoms with Crippen molar-refractivity contribution in [3.63, 3.8) is 0 Å². The maximum absolute atomic E-state index is 5.97. The topological polar surface area (TPSA) is 50.9 Å². The van der Waals surface area contributed by atoms with Crippen molar-refractivity contribution in [2.24, 2.45) is 0 Å². The van der Waals surface area contributed by atoms with E-state index in [0.29, 0.717) is 5.69 Å². The minimum Gasteiger partial charge on any atom is -0.396 e. The molecular weight excluding hydrogens is 234 g/mol. The summed E-state index contributed by atoms with van der Waals surface area (Å²) < 4.78 is 0. The van der Waals surface area contributed by atoms with Gasteiger partial charge in [0.1, 0.15) is 0 Å². The van der Waals surface area contributed by atoms with Crippen molar-refractivity contribution in [2.45, 2.75) is 33.1 Å². The summed E-state index contributed by atoms with van der Waals surface area (Å²) in [5.41, 5.74) is 9.96. The lowest BCUT2D eigenvalue weighted by Crippen LogP contribution is -2.14. The number of nitrogens with zero attached hydrogens (tertiary/aromatic N) is 1. The molecule has 0 unspecified atom stereocenters. The normalized spacial score (nSPS) is 11.4. The van der Waals surface area contributed by atoms with Crippen LogP contribution in [0.2, 0.25) is 0 Å². The highest BCUT2D eigenvalue weighted by molar-refractivity contribution is 5.71. The van der Waals surface area contributed by atoms with Gasteiger partial charge in [-0.25, -0.2) is 4.98 Å². The molecule has 0 radical (unpaired) electrons. The van der Waals surface area contributed by atoms with Gasteiger partial charge in [-0.1, -0.05) is 39.0 Å². The lowest BCUT2D eigenvalue weighted by molar-refractivity contribution is 0.592. The lowest BCUT2D eigenvalue weighted by atomic mass is 9.86. The van der Waals surface area contributed by atoms with Crippen molar-refractivity contribution in [2.75, 3.05) is 11.1 Å². The van der Waals surface area contributed by atoms with E-state index in [1.807, 2.05) is 25.1 Å². The molecule has 1 aromatic heterocycles. The van der Waals surface area contributed by atoms with Crippen molar-refractivity contribution in [1.82, 2.24) is 4.98 Å². The van der Waals surface area contributed by atoms with Gasteiger partial charge in [0.15, 0.2) is 5.82 Å². The maximum atomic E-state index is 5.97. The number of hydrogen-bond acceptors (Lipinski definition) is 3. The van der Waals surface area contributed by atoms with Gasteiger partial charge < -0.3 is 11.1 Å². The number of hydrogen-bond donors (Lipinski definition) is 2. The molecule has 3 nitrogen and oxygen atoms in total. The Bertz CT molecular complexity index is 583. The van der Waals surface area contributed by atoms with Crippen molar-refractivity contribution < 1.29 is 0 Å².